The van der Waals surface area contributed by atoms with Crippen LogP contribution in [0.4, 0.5) is 11.5 Å². The number of terminal acetylenes is 1. The fourth-order valence-electron chi connectivity index (χ4n) is 1.53. The highest BCUT2D eigenvalue weighted by atomic mass is 16.6. The molecule has 1 N–H and O–H groups in total. The summed E-state index contributed by atoms with van der Waals surface area (Å²) in [5.74, 6) is 2.66. The third-order valence-electron chi connectivity index (χ3n) is 2.50. The molecule has 1 amide bonds. The van der Waals surface area contributed by atoms with Gasteiger partial charge in [0, 0.05) is 18.9 Å². The minimum absolute atomic E-state index is 0.0629. The minimum Gasteiger partial charge on any atom is -0.311 e. The van der Waals surface area contributed by atoms with Gasteiger partial charge in [0.15, 0.2) is 0 Å². The predicted molar refractivity (Wildman–Crippen MR) is 71.6 cm³/mol. The molecule has 0 atom stereocenters. The van der Waals surface area contributed by atoms with Gasteiger partial charge in [-0.2, -0.15) is 0 Å². The van der Waals surface area contributed by atoms with E-state index in [0.717, 1.165) is 6.42 Å². The number of carbonyl (C=O) groups excluding carboxylic acids is 1. The van der Waals surface area contributed by atoms with Crippen LogP contribution < -0.4 is 5.32 Å². The van der Waals surface area contributed by atoms with Crippen molar-refractivity contribution in [1.29, 1.82) is 0 Å². The number of aromatic nitrogens is 1. The Morgan fingerprint density at radius 1 is 1.53 bits per heavy atom. The topological polar surface area (TPSA) is 85.1 Å². The lowest BCUT2D eigenvalue weighted by molar-refractivity contribution is -0.385. The molecule has 0 aliphatic rings. The standard InChI is InChI=1S/C13H15N3O3/c1-3-4-5-6-7-13(17)15-12-9-8-11(16(18)19)10(2)14-12/h1,8-9H,4-7H2,2H3,(H,14,15,17). The monoisotopic (exact) mass is 261 g/mol. The van der Waals surface area contributed by atoms with Gasteiger partial charge in [-0.1, -0.05) is 0 Å². The van der Waals surface area contributed by atoms with Crippen LogP contribution in [0.25, 0.3) is 0 Å². The first kappa shape index (κ1) is 14.6. The van der Waals surface area contributed by atoms with Crippen LogP contribution in [0.3, 0.4) is 0 Å². The Morgan fingerprint density at radius 3 is 2.84 bits per heavy atom. The van der Waals surface area contributed by atoms with E-state index in [1.807, 2.05) is 0 Å². The van der Waals surface area contributed by atoms with Crippen LogP contribution >= 0.6 is 0 Å². The molecule has 1 rings (SSSR count). The Bertz CT molecular complexity index is 520. The second-order valence-corrected chi connectivity index (χ2v) is 4.02. The number of hydrogen-bond donors (Lipinski definition) is 1. The quantitative estimate of drug-likeness (QED) is 0.369. The predicted octanol–water partition coefficient (Wildman–Crippen LogP) is 2.43. The Kier molecular flexibility index (Phi) is 5.48. The van der Waals surface area contributed by atoms with E-state index >= 15 is 0 Å². The molecular weight excluding hydrogens is 246 g/mol. The average Bonchev–Trinajstić information content (AvgIpc) is 2.34. The fourth-order valence-corrected chi connectivity index (χ4v) is 1.53. The van der Waals surface area contributed by atoms with Crippen LogP contribution in [-0.4, -0.2) is 15.8 Å². The van der Waals surface area contributed by atoms with Crippen LogP contribution in [0.1, 0.15) is 31.4 Å². The van der Waals surface area contributed by atoms with Crippen LogP contribution in [0.2, 0.25) is 0 Å². The number of unbranched alkanes of at least 4 members (excludes halogenated alkanes) is 2. The maximum Gasteiger partial charge on any atom is 0.290 e. The zero-order chi connectivity index (χ0) is 14.3. The lowest BCUT2D eigenvalue weighted by Gasteiger charge is -2.05. The van der Waals surface area contributed by atoms with Gasteiger partial charge >= 0.3 is 0 Å². The van der Waals surface area contributed by atoms with Crippen molar-refractivity contribution in [2.24, 2.45) is 0 Å². The SMILES string of the molecule is C#CCCCCC(=O)Nc1ccc([N+](=O)[O-])c(C)n1. The molecule has 100 valence electrons. The maximum atomic E-state index is 11.6. The van der Waals surface area contributed by atoms with Gasteiger partial charge in [-0.3, -0.25) is 14.9 Å². The summed E-state index contributed by atoms with van der Waals surface area (Å²) < 4.78 is 0. The number of anilines is 1. The largest absolute Gasteiger partial charge is 0.311 e. The van der Waals surface area contributed by atoms with Gasteiger partial charge in [0.05, 0.1) is 4.92 Å². The van der Waals surface area contributed by atoms with Gasteiger partial charge in [0.25, 0.3) is 5.69 Å². The number of nitrogens with zero attached hydrogens (tertiary/aromatic N) is 2. The van der Waals surface area contributed by atoms with Gasteiger partial charge in [-0.15, -0.1) is 12.3 Å². The molecule has 0 aliphatic heterocycles. The first-order valence-electron chi connectivity index (χ1n) is 5.90. The number of aryl methyl sites for hydroxylation is 1. The zero-order valence-corrected chi connectivity index (χ0v) is 10.7. The maximum absolute atomic E-state index is 11.6. The van der Waals surface area contributed by atoms with Crippen molar-refractivity contribution in [3.05, 3.63) is 27.9 Å². The van der Waals surface area contributed by atoms with Gasteiger partial charge in [-0.25, -0.2) is 4.98 Å². The van der Waals surface area contributed by atoms with Gasteiger partial charge in [-0.05, 0) is 25.8 Å². The van der Waals surface area contributed by atoms with E-state index < -0.39 is 4.92 Å². The summed E-state index contributed by atoms with van der Waals surface area (Å²) in [4.78, 5) is 25.7. The van der Waals surface area contributed by atoms with E-state index in [4.69, 9.17) is 6.42 Å². The lowest BCUT2D eigenvalue weighted by Crippen LogP contribution is -2.12. The van der Waals surface area contributed by atoms with Gasteiger partial charge in [0.2, 0.25) is 5.91 Å². The summed E-state index contributed by atoms with van der Waals surface area (Å²) in [5, 5.41) is 13.2. The Labute approximate surface area is 111 Å². The van der Waals surface area contributed by atoms with Crippen molar-refractivity contribution in [3.8, 4) is 12.3 Å². The number of carbonyl (C=O) groups is 1. The van der Waals surface area contributed by atoms with E-state index in [1.54, 1.807) is 0 Å². The van der Waals surface area contributed by atoms with E-state index in [0.29, 0.717) is 25.1 Å². The van der Waals surface area contributed by atoms with E-state index in [1.165, 1.54) is 19.1 Å². The third-order valence-corrected chi connectivity index (χ3v) is 2.50. The average molecular weight is 261 g/mol. The van der Waals surface area contributed by atoms with Gasteiger partial charge < -0.3 is 5.32 Å². The van der Waals surface area contributed by atoms with Crippen molar-refractivity contribution < 1.29 is 9.72 Å². The second-order valence-electron chi connectivity index (χ2n) is 4.02. The molecule has 0 bridgehead atoms. The summed E-state index contributed by atoms with van der Waals surface area (Å²) >= 11 is 0. The second kappa shape index (κ2) is 7.11. The number of nitrogens with one attached hydrogen (secondary N) is 1. The molecule has 0 unspecified atom stereocenters. The molecule has 0 saturated heterocycles. The number of nitro groups is 1. The zero-order valence-electron chi connectivity index (χ0n) is 10.7. The van der Waals surface area contributed by atoms with Crippen molar-refractivity contribution in [2.75, 3.05) is 5.32 Å². The van der Waals surface area contributed by atoms with Crippen molar-refractivity contribution in [3.63, 3.8) is 0 Å². The number of amides is 1. The molecule has 6 nitrogen and oxygen atoms in total. The molecule has 1 aromatic rings. The Hall–Kier alpha value is -2.42. The molecule has 6 heteroatoms. The Morgan fingerprint density at radius 2 is 2.26 bits per heavy atom. The molecule has 1 heterocycles. The highest BCUT2D eigenvalue weighted by Crippen LogP contribution is 2.17. The summed E-state index contributed by atoms with van der Waals surface area (Å²) in [6.07, 6.45) is 7.64. The number of rotatable bonds is 6. The van der Waals surface area contributed by atoms with Crippen LogP contribution in [0.15, 0.2) is 12.1 Å². The van der Waals surface area contributed by atoms with Crippen molar-refractivity contribution in [2.45, 2.75) is 32.6 Å². The summed E-state index contributed by atoms with van der Waals surface area (Å²) in [5.41, 5.74) is 0.210. The van der Waals surface area contributed by atoms with Gasteiger partial charge in [0.1, 0.15) is 11.5 Å². The lowest BCUT2D eigenvalue weighted by atomic mass is 10.2. The fraction of sp³-hybridized carbons (Fsp3) is 0.385. The van der Waals surface area contributed by atoms with E-state index in [-0.39, 0.29) is 17.3 Å². The summed E-state index contributed by atoms with van der Waals surface area (Å²) in [7, 11) is 0. The minimum atomic E-state index is -0.506. The normalized spacial score (nSPS) is 9.68. The summed E-state index contributed by atoms with van der Waals surface area (Å²) in [6.45, 7) is 1.53. The first-order chi connectivity index (χ1) is 9.04. The molecule has 0 spiro atoms. The molecule has 0 fully saturated rings. The molecule has 19 heavy (non-hydrogen) atoms. The van der Waals surface area contributed by atoms with E-state index in [9.17, 15) is 14.9 Å². The summed E-state index contributed by atoms with van der Waals surface area (Å²) in [6, 6.07) is 2.75. The molecule has 0 aromatic carbocycles. The highest BCUT2D eigenvalue weighted by Gasteiger charge is 2.12. The number of hydrogen-bond acceptors (Lipinski definition) is 4. The molecule has 0 saturated carbocycles. The van der Waals surface area contributed by atoms with Crippen LogP contribution in [-0.2, 0) is 4.79 Å². The van der Waals surface area contributed by atoms with Crippen LogP contribution in [0.5, 0.6) is 0 Å². The molecular formula is C13H15N3O3. The number of pyridine rings is 1. The van der Waals surface area contributed by atoms with Crippen molar-refractivity contribution >= 4 is 17.4 Å². The van der Waals surface area contributed by atoms with E-state index in [2.05, 4.69) is 16.2 Å². The molecule has 1 aromatic heterocycles. The molecule has 0 aliphatic carbocycles. The first-order valence-corrected chi connectivity index (χ1v) is 5.90. The molecule has 0 radical (unpaired) electrons. The Balaban J connectivity index is 2.54. The smallest absolute Gasteiger partial charge is 0.290 e. The van der Waals surface area contributed by atoms with Crippen molar-refractivity contribution in [1.82, 2.24) is 4.98 Å². The highest BCUT2D eigenvalue weighted by molar-refractivity contribution is 5.89. The third kappa shape index (κ3) is 4.76. The van der Waals surface area contributed by atoms with Crippen LogP contribution in [0, 0.1) is 29.4 Å².